The molecule has 0 spiro atoms. The van der Waals surface area contributed by atoms with E-state index in [0.717, 1.165) is 18.2 Å². The number of ether oxygens (including phenoxy) is 1. The summed E-state index contributed by atoms with van der Waals surface area (Å²) in [6.07, 6.45) is -9.44. The van der Waals surface area contributed by atoms with Crippen LogP contribution in [0.5, 0.6) is 5.75 Å². The predicted molar refractivity (Wildman–Crippen MR) is 111 cm³/mol. The maximum Gasteiger partial charge on any atom is 0.573 e. The van der Waals surface area contributed by atoms with Crippen LogP contribution in [0.25, 0.3) is 10.9 Å². The molecule has 1 heterocycles. The van der Waals surface area contributed by atoms with Crippen LogP contribution in [0.2, 0.25) is 0 Å². The first-order valence-corrected chi connectivity index (χ1v) is 9.79. The van der Waals surface area contributed by atoms with Gasteiger partial charge in [-0.05, 0) is 42.0 Å². The van der Waals surface area contributed by atoms with Gasteiger partial charge < -0.3 is 10.1 Å². The summed E-state index contributed by atoms with van der Waals surface area (Å²) in [6, 6.07) is 16.2. The van der Waals surface area contributed by atoms with Crippen LogP contribution in [0, 0.1) is 0 Å². The summed E-state index contributed by atoms with van der Waals surface area (Å²) in [5, 5.41) is 7.32. The lowest BCUT2D eigenvalue weighted by molar-refractivity contribution is -0.274. The Morgan fingerprint density at radius 3 is 2.21 bits per heavy atom. The van der Waals surface area contributed by atoms with Crippen molar-refractivity contribution in [2.75, 3.05) is 5.32 Å². The zero-order chi connectivity index (χ0) is 24.5. The van der Waals surface area contributed by atoms with Gasteiger partial charge in [-0.2, -0.15) is 18.3 Å². The van der Waals surface area contributed by atoms with E-state index in [2.05, 4.69) is 15.2 Å². The van der Waals surface area contributed by atoms with Crippen LogP contribution < -0.4 is 10.1 Å². The quantitative estimate of drug-likeness (QED) is 0.344. The molecule has 0 saturated heterocycles. The Morgan fingerprint density at radius 1 is 0.882 bits per heavy atom. The van der Waals surface area contributed by atoms with Crippen molar-refractivity contribution in [1.29, 1.82) is 0 Å². The van der Waals surface area contributed by atoms with Gasteiger partial charge in [-0.15, -0.1) is 13.2 Å². The maximum atomic E-state index is 12.8. The number of anilines is 1. The Morgan fingerprint density at radius 2 is 1.53 bits per heavy atom. The van der Waals surface area contributed by atoms with E-state index in [4.69, 9.17) is 0 Å². The minimum absolute atomic E-state index is 0.0781. The van der Waals surface area contributed by atoms with E-state index >= 15 is 0 Å². The molecular formula is C23H15F6N3O2. The number of rotatable bonds is 5. The molecule has 0 fully saturated rings. The molecule has 0 unspecified atom stereocenters. The second-order valence-electron chi connectivity index (χ2n) is 7.22. The molecule has 176 valence electrons. The lowest BCUT2D eigenvalue weighted by atomic mass is 10.1. The molecule has 3 aromatic carbocycles. The molecule has 0 saturated carbocycles. The Labute approximate surface area is 188 Å². The fraction of sp³-hybridized carbons (Fsp3) is 0.130. The third-order valence-corrected chi connectivity index (χ3v) is 4.86. The number of halogens is 6. The SMILES string of the molecule is O=C(Nc1nn(Cc2ccc(C(F)(F)F)cc2)c2ccccc12)c1ccccc1OC(F)(F)F. The fourth-order valence-electron chi connectivity index (χ4n) is 3.36. The number of nitrogens with one attached hydrogen (secondary N) is 1. The smallest absolute Gasteiger partial charge is 0.405 e. The summed E-state index contributed by atoms with van der Waals surface area (Å²) < 4.78 is 81.9. The molecule has 1 N–H and O–H groups in total. The molecule has 1 amide bonds. The van der Waals surface area contributed by atoms with Crippen LogP contribution >= 0.6 is 0 Å². The van der Waals surface area contributed by atoms with E-state index in [1.54, 1.807) is 24.3 Å². The average molecular weight is 479 g/mol. The van der Waals surface area contributed by atoms with Crippen molar-refractivity contribution >= 4 is 22.6 Å². The van der Waals surface area contributed by atoms with Crippen LogP contribution in [0.3, 0.4) is 0 Å². The van der Waals surface area contributed by atoms with Crippen molar-refractivity contribution in [2.45, 2.75) is 19.1 Å². The van der Waals surface area contributed by atoms with Gasteiger partial charge in [0.1, 0.15) is 5.75 Å². The number of hydrogen-bond donors (Lipinski definition) is 1. The van der Waals surface area contributed by atoms with Crippen molar-refractivity contribution in [1.82, 2.24) is 9.78 Å². The first-order chi connectivity index (χ1) is 16.0. The first kappa shape index (κ1) is 23.1. The summed E-state index contributed by atoms with van der Waals surface area (Å²) in [6.45, 7) is 0.0995. The minimum Gasteiger partial charge on any atom is -0.405 e. The van der Waals surface area contributed by atoms with Crippen LogP contribution in [0.1, 0.15) is 21.5 Å². The van der Waals surface area contributed by atoms with Gasteiger partial charge in [0.15, 0.2) is 5.82 Å². The second kappa shape index (κ2) is 8.73. The zero-order valence-electron chi connectivity index (χ0n) is 17.1. The van der Waals surface area contributed by atoms with E-state index in [0.29, 0.717) is 16.5 Å². The molecule has 1 aromatic heterocycles. The number of para-hydroxylation sites is 2. The van der Waals surface area contributed by atoms with Gasteiger partial charge in [-0.25, -0.2) is 0 Å². The average Bonchev–Trinajstić information content (AvgIpc) is 3.10. The van der Waals surface area contributed by atoms with Crippen molar-refractivity contribution < 1.29 is 35.9 Å². The van der Waals surface area contributed by atoms with Crippen LogP contribution in [0.4, 0.5) is 32.2 Å². The van der Waals surface area contributed by atoms with E-state index in [-0.39, 0.29) is 17.9 Å². The number of benzene rings is 3. The van der Waals surface area contributed by atoms with Crippen LogP contribution in [0.15, 0.2) is 72.8 Å². The Kier molecular flexibility index (Phi) is 5.94. The molecule has 0 aliphatic carbocycles. The third-order valence-electron chi connectivity index (χ3n) is 4.86. The number of amides is 1. The molecule has 11 heteroatoms. The van der Waals surface area contributed by atoms with E-state index in [1.165, 1.54) is 35.0 Å². The Bertz CT molecular complexity index is 1330. The number of fused-ring (bicyclic) bond motifs is 1. The largest absolute Gasteiger partial charge is 0.573 e. The molecule has 5 nitrogen and oxygen atoms in total. The van der Waals surface area contributed by atoms with Gasteiger partial charge in [0.2, 0.25) is 0 Å². The molecule has 0 atom stereocenters. The van der Waals surface area contributed by atoms with Gasteiger partial charge in [-0.3, -0.25) is 9.48 Å². The minimum atomic E-state index is -4.98. The molecular weight excluding hydrogens is 464 g/mol. The third kappa shape index (κ3) is 5.13. The molecule has 34 heavy (non-hydrogen) atoms. The second-order valence-corrected chi connectivity index (χ2v) is 7.22. The van der Waals surface area contributed by atoms with Crippen molar-refractivity contribution in [2.24, 2.45) is 0 Å². The maximum absolute atomic E-state index is 12.8. The van der Waals surface area contributed by atoms with E-state index in [1.807, 2.05) is 0 Å². The highest BCUT2D eigenvalue weighted by Crippen LogP contribution is 2.31. The highest BCUT2D eigenvalue weighted by molar-refractivity contribution is 6.09. The first-order valence-electron chi connectivity index (χ1n) is 9.79. The molecule has 4 rings (SSSR count). The highest BCUT2D eigenvalue weighted by Gasteiger charge is 2.33. The summed E-state index contributed by atoms with van der Waals surface area (Å²) in [4.78, 5) is 12.7. The number of hydrogen-bond acceptors (Lipinski definition) is 3. The molecule has 0 aliphatic heterocycles. The summed E-state index contributed by atoms with van der Waals surface area (Å²) >= 11 is 0. The molecule has 0 bridgehead atoms. The summed E-state index contributed by atoms with van der Waals surface area (Å²) in [5.74, 6) is -1.46. The standard InChI is InChI=1S/C23H15F6N3O2/c24-22(25,26)15-11-9-14(10-12-15)13-32-18-7-3-1-5-16(18)20(31-32)30-21(33)17-6-2-4-8-19(17)34-23(27,28)29/h1-12H,13H2,(H,30,31,33). The molecule has 0 radical (unpaired) electrons. The zero-order valence-corrected chi connectivity index (χ0v) is 17.1. The van der Waals surface area contributed by atoms with Gasteiger partial charge in [0, 0.05) is 5.39 Å². The monoisotopic (exact) mass is 479 g/mol. The lowest BCUT2D eigenvalue weighted by Crippen LogP contribution is -2.21. The van der Waals surface area contributed by atoms with Crippen LogP contribution in [-0.4, -0.2) is 22.1 Å². The predicted octanol–water partition coefficient (Wildman–Crippen LogP) is 6.25. The lowest BCUT2D eigenvalue weighted by Gasteiger charge is -2.12. The van der Waals surface area contributed by atoms with Gasteiger partial charge >= 0.3 is 12.5 Å². The van der Waals surface area contributed by atoms with Crippen LogP contribution in [-0.2, 0) is 12.7 Å². The normalized spacial score (nSPS) is 12.1. The van der Waals surface area contributed by atoms with Gasteiger partial charge in [0.05, 0.1) is 23.2 Å². The fourth-order valence-corrected chi connectivity index (χ4v) is 3.36. The molecule has 0 aliphatic rings. The number of aromatic nitrogens is 2. The van der Waals surface area contributed by atoms with E-state index in [9.17, 15) is 31.1 Å². The Balaban J connectivity index is 1.63. The highest BCUT2D eigenvalue weighted by atomic mass is 19.4. The van der Waals surface area contributed by atoms with Gasteiger partial charge in [0.25, 0.3) is 5.91 Å². The van der Waals surface area contributed by atoms with E-state index < -0.39 is 29.8 Å². The number of carbonyl (C=O) groups is 1. The van der Waals surface area contributed by atoms with Crippen molar-refractivity contribution in [3.63, 3.8) is 0 Å². The van der Waals surface area contributed by atoms with Crippen molar-refractivity contribution in [3.8, 4) is 5.75 Å². The molecule has 4 aromatic rings. The summed E-state index contributed by atoms with van der Waals surface area (Å²) in [7, 11) is 0. The topological polar surface area (TPSA) is 56.2 Å². The van der Waals surface area contributed by atoms with Crippen molar-refractivity contribution in [3.05, 3.63) is 89.5 Å². The summed E-state index contributed by atoms with van der Waals surface area (Å²) in [5.41, 5.74) is -0.0314. The Hall–Kier alpha value is -4.02. The number of nitrogens with zero attached hydrogens (tertiary/aromatic N) is 2. The van der Waals surface area contributed by atoms with Gasteiger partial charge in [-0.1, -0.05) is 36.4 Å². The number of alkyl halides is 6. The number of carbonyl (C=O) groups excluding carboxylic acids is 1.